The van der Waals surface area contributed by atoms with Crippen molar-refractivity contribution >= 4 is 29.2 Å². The predicted molar refractivity (Wildman–Crippen MR) is 85.5 cm³/mol. The summed E-state index contributed by atoms with van der Waals surface area (Å²) in [6.45, 7) is 3.73. The van der Waals surface area contributed by atoms with Crippen LogP contribution in [0.4, 0.5) is 5.69 Å². The molecule has 6 nitrogen and oxygen atoms in total. The summed E-state index contributed by atoms with van der Waals surface area (Å²) in [5, 5.41) is 15.0. The van der Waals surface area contributed by atoms with Crippen LogP contribution in [0.2, 0.25) is 5.02 Å². The topological polar surface area (TPSA) is 87.7 Å². The minimum atomic E-state index is -1.04. The van der Waals surface area contributed by atoms with Crippen LogP contribution in [0.15, 0.2) is 18.2 Å². The van der Waals surface area contributed by atoms with Crippen molar-refractivity contribution in [3.8, 4) is 5.75 Å². The van der Waals surface area contributed by atoms with Gasteiger partial charge in [0.15, 0.2) is 0 Å². The fourth-order valence-electron chi connectivity index (χ4n) is 1.93. The van der Waals surface area contributed by atoms with Crippen LogP contribution in [0.1, 0.15) is 20.3 Å². The Morgan fingerprint density at radius 3 is 2.59 bits per heavy atom. The summed E-state index contributed by atoms with van der Waals surface area (Å²) in [5.74, 6) is -0.728. The van der Waals surface area contributed by atoms with E-state index in [-0.39, 0.29) is 12.5 Å². The molecule has 1 atom stereocenters. The second-order valence-electron chi connectivity index (χ2n) is 5.29. The third kappa shape index (κ3) is 5.81. The number of hydrogen-bond donors (Lipinski definition) is 3. The monoisotopic (exact) mass is 328 g/mol. The predicted octanol–water partition coefficient (Wildman–Crippen LogP) is 2.38. The number of aliphatic carboxylic acids is 1. The lowest BCUT2D eigenvalue weighted by atomic mass is 10.0. The van der Waals surface area contributed by atoms with Crippen molar-refractivity contribution in [3.63, 3.8) is 0 Å². The van der Waals surface area contributed by atoms with E-state index in [1.807, 2.05) is 13.8 Å². The zero-order chi connectivity index (χ0) is 16.7. The Bertz CT molecular complexity index is 534. The van der Waals surface area contributed by atoms with Gasteiger partial charge in [-0.3, -0.25) is 4.79 Å². The molecule has 122 valence electrons. The largest absolute Gasteiger partial charge is 0.495 e. The summed E-state index contributed by atoms with van der Waals surface area (Å²) < 4.78 is 5.16. The summed E-state index contributed by atoms with van der Waals surface area (Å²) in [4.78, 5) is 23.0. The third-order valence-electron chi connectivity index (χ3n) is 2.94. The zero-order valence-corrected chi connectivity index (χ0v) is 13.6. The van der Waals surface area contributed by atoms with Crippen molar-refractivity contribution in [2.24, 2.45) is 5.92 Å². The van der Waals surface area contributed by atoms with E-state index in [0.29, 0.717) is 22.9 Å². The molecular formula is C15H21ClN2O4. The average molecular weight is 329 g/mol. The number of halogens is 1. The van der Waals surface area contributed by atoms with Gasteiger partial charge in [-0.15, -0.1) is 0 Å². The van der Waals surface area contributed by atoms with E-state index in [1.165, 1.54) is 7.11 Å². The number of carboxylic acids is 1. The molecule has 0 fully saturated rings. The third-order valence-corrected chi connectivity index (χ3v) is 3.18. The second-order valence-corrected chi connectivity index (χ2v) is 5.72. The molecule has 1 aromatic carbocycles. The fourth-order valence-corrected chi connectivity index (χ4v) is 2.10. The summed E-state index contributed by atoms with van der Waals surface area (Å²) >= 11 is 5.90. The molecular weight excluding hydrogens is 308 g/mol. The van der Waals surface area contributed by atoms with E-state index in [9.17, 15) is 9.59 Å². The van der Waals surface area contributed by atoms with Crippen LogP contribution in [0.25, 0.3) is 0 Å². The highest BCUT2D eigenvalue weighted by molar-refractivity contribution is 6.30. The average Bonchev–Trinajstić information content (AvgIpc) is 2.44. The molecule has 0 bridgehead atoms. The molecule has 0 aliphatic carbocycles. The molecule has 22 heavy (non-hydrogen) atoms. The van der Waals surface area contributed by atoms with Gasteiger partial charge < -0.3 is 20.5 Å². The first-order valence-electron chi connectivity index (χ1n) is 6.93. The quantitative estimate of drug-likeness (QED) is 0.682. The first-order chi connectivity index (χ1) is 10.3. The number of anilines is 1. The summed E-state index contributed by atoms with van der Waals surface area (Å²) in [6, 6.07) is 4.10. The Kier molecular flexibility index (Phi) is 6.98. The molecule has 0 heterocycles. The van der Waals surface area contributed by atoms with Crippen LogP contribution in [-0.4, -0.2) is 36.7 Å². The molecule has 0 aliphatic heterocycles. The number of nitrogens with one attached hydrogen (secondary N) is 2. The summed E-state index contributed by atoms with van der Waals surface area (Å²) in [5.41, 5.74) is 0.570. The summed E-state index contributed by atoms with van der Waals surface area (Å²) in [6.07, 6.45) is 0.377. The Labute approximate surface area is 134 Å². The number of benzene rings is 1. The number of hydrogen-bond acceptors (Lipinski definition) is 4. The SMILES string of the molecule is COc1ccc(Cl)cc1NCC(=O)N[C@H](CC(C)C)C(=O)O. The van der Waals surface area contributed by atoms with E-state index in [0.717, 1.165) is 0 Å². The van der Waals surface area contributed by atoms with Gasteiger partial charge in [0.2, 0.25) is 5.91 Å². The first-order valence-corrected chi connectivity index (χ1v) is 7.30. The lowest BCUT2D eigenvalue weighted by Crippen LogP contribution is -2.44. The lowest BCUT2D eigenvalue weighted by Gasteiger charge is -2.17. The fraction of sp³-hybridized carbons (Fsp3) is 0.467. The van der Waals surface area contributed by atoms with Crippen LogP contribution in [0, 0.1) is 5.92 Å². The molecule has 0 saturated heterocycles. The molecule has 0 radical (unpaired) electrons. The molecule has 0 aliphatic rings. The van der Waals surface area contributed by atoms with Gasteiger partial charge in [0, 0.05) is 5.02 Å². The van der Waals surface area contributed by atoms with Crippen LogP contribution >= 0.6 is 11.6 Å². The Morgan fingerprint density at radius 2 is 2.05 bits per heavy atom. The van der Waals surface area contributed by atoms with Crippen molar-refractivity contribution in [1.29, 1.82) is 0 Å². The van der Waals surface area contributed by atoms with Crippen molar-refractivity contribution in [2.75, 3.05) is 19.0 Å². The van der Waals surface area contributed by atoms with Gasteiger partial charge in [-0.25, -0.2) is 4.79 Å². The van der Waals surface area contributed by atoms with Crippen molar-refractivity contribution in [1.82, 2.24) is 5.32 Å². The van der Waals surface area contributed by atoms with Crippen molar-refractivity contribution in [3.05, 3.63) is 23.2 Å². The van der Waals surface area contributed by atoms with E-state index < -0.39 is 17.9 Å². The van der Waals surface area contributed by atoms with E-state index in [1.54, 1.807) is 18.2 Å². The smallest absolute Gasteiger partial charge is 0.326 e. The van der Waals surface area contributed by atoms with Gasteiger partial charge >= 0.3 is 5.97 Å². The van der Waals surface area contributed by atoms with Crippen LogP contribution in [0.5, 0.6) is 5.75 Å². The van der Waals surface area contributed by atoms with Gasteiger partial charge in [-0.1, -0.05) is 25.4 Å². The van der Waals surface area contributed by atoms with Crippen molar-refractivity contribution in [2.45, 2.75) is 26.3 Å². The summed E-state index contributed by atoms with van der Waals surface area (Å²) in [7, 11) is 1.51. The molecule has 0 unspecified atom stereocenters. The molecule has 1 rings (SSSR count). The van der Waals surface area contributed by atoms with Gasteiger partial charge in [0.05, 0.1) is 19.3 Å². The minimum Gasteiger partial charge on any atom is -0.495 e. The minimum absolute atomic E-state index is 0.0709. The normalized spacial score (nSPS) is 11.9. The number of carbonyl (C=O) groups is 2. The maximum atomic E-state index is 11.9. The number of methoxy groups -OCH3 is 1. The molecule has 1 amide bonds. The second kappa shape index (κ2) is 8.48. The molecule has 7 heteroatoms. The van der Waals surface area contributed by atoms with Crippen LogP contribution in [-0.2, 0) is 9.59 Å². The maximum Gasteiger partial charge on any atom is 0.326 e. The molecule has 0 aromatic heterocycles. The number of amides is 1. The standard InChI is InChI=1S/C15H21ClN2O4/c1-9(2)6-12(15(20)21)18-14(19)8-17-11-7-10(16)4-5-13(11)22-3/h4-5,7,9,12,17H,6,8H2,1-3H3,(H,18,19)(H,20,21)/t12-/m1/s1. The Balaban J connectivity index is 2.62. The van der Waals surface area contributed by atoms with Gasteiger partial charge in [-0.05, 0) is 30.5 Å². The Hall–Kier alpha value is -1.95. The number of carboxylic acid groups (broad SMARTS) is 1. The maximum absolute atomic E-state index is 11.9. The Morgan fingerprint density at radius 1 is 1.36 bits per heavy atom. The lowest BCUT2D eigenvalue weighted by molar-refractivity contribution is -0.142. The van der Waals surface area contributed by atoms with Gasteiger partial charge in [0.1, 0.15) is 11.8 Å². The number of rotatable bonds is 8. The highest BCUT2D eigenvalue weighted by Gasteiger charge is 2.20. The number of carbonyl (C=O) groups excluding carboxylic acids is 1. The van der Waals surface area contributed by atoms with E-state index in [4.69, 9.17) is 21.4 Å². The molecule has 0 spiro atoms. The highest BCUT2D eigenvalue weighted by Crippen LogP contribution is 2.27. The van der Waals surface area contributed by atoms with Gasteiger partial charge in [-0.2, -0.15) is 0 Å². The molecule has 3 N–H and O–H groups in total. The molecule has 0 saturated carbocycles. The molecule has 1 aromatic rings. The highest BCUT2D eigenvalue weighted by atomic mass is 35.5. The van der Waals surface area contributed by atoms with Crippen molar-refractivity contribution < 1.29 is 19.4 Å². The first kappa shape index (κ1) is 18.1. The van der Waals surface area contributed by atoms with Crippen LogP contribution in [0.3, 0.4) is 0 Å². The van der Waals surface area contributed by atoms with Crippen LogP contribution < -0.4 is 15.4 Å². The zero-order valence-electron chi connectivity index (χ0n) is 12.9. The van der Waals surface area contributed by atoms with E-state index in [2.05, 4.69) is 10.6 Å². The van der Waals surface area contributed by atoms with E-state index >= 15 is 0 Å². The number of ether oxygens (including phenoxy) is 1. The van der Waals surface area contributed by atoms with Gasteiger partial charge in [0.25, 0.3) is 0 Å².